The number of anilines is 1. The van der Waals surface area contributed by atoms with Crippen molar-refractivity contribution in [2.24, 2.45) is 7.05 Å². The summed E-state index contributed by atoms with van der Waals surface area (Å²) >= 11 is 0. The number of aryl methyl sites for hydroxylation is 2. The molecule has 0 saturated heterocycles. The lowest BCUT2D eigenvalue weighted by molar-refractivity contribution is 0.249. The van der Waals surface area contributed by atoms with Gasteiger partial charge >= 0.3 is 6.03 Å². The fourth-order valence-corrected chi connectivity index (χ4v) is 1.22. The fraction of sp³-hybridized carbons (Fsp3) is 0.333. The van der Waals surface area contributed by atoms with Gasteiger partial charge in [-0.1, -0.05) is 5.16 Å². The molecule has 0 saturated carbocycles. The van der Waals surface area contributed by atoms with Crippen molar-refractivity contribution in [3.05, 3.63) is 24.0 Å². The van der Waals surface area contributed by atoms with Gasteiger partial charge < -0.3 is 9.84 Å². The summed E-state index contributed by atoms with van der Waals surface area (Å²) in [5.74, 6) is 1.50. The van der Waals surface area contributed by atoms with Crippen molar-refractivity contribution in [2.45, 2.75) is 13.5 Å². The topological polar surface area (TPSA) is 97.9 Å². The average Bonchev–Trinajstić information content (AvgIpc) is 2.86. The van der Waals surface area contributed by atoms with Gasteiger partial charge in [-0.2, -0.15) is 10.1 Å². The Balaban J connectivity index is 1.84. The summed E-state index contributed by atoms with van der Waals surface area (Å²) in [7, 11) is 1.73. The van der Waals surface area contributed by atoms with Gasteiger partial charge in [0.1, 0.15) is 5.82 Å². The molecule has 90 valence electrons. The normalized spacial score (nSPS) is 10.2. The highest BCUT2D eigenvalue weighted by atomic mass is 16.5. The Kier molecular flexibility index (Phi) is 3.03. The lowest BCUT2D eigenvalue weighted by atomic mass is 10.6. The first-order valence-electron chi connectivity index (χ1n) is 4.97. The van der Waals surface area contributed by atoms with Crippen molar-refractivity contribution in [1.82, 2.24) is 25.2 Å². The molecular weight excluding hydrogens is 224 g/mol. The van der Waals surface area contributed by atoms with Gasteiger partial charge in [-0.15, -0.1) is 0 Å². The summed E-state index contributed by atoms with van der Waals surface area (Å²) in [4.78, 5) is 15.4. The first kappa shape index (κ1) is 11.1. The number of hydrogen-bond donors (Lipinski definition) is 2. The number of hydrogen-bond acceptors (Lipinski definition) is 5. The van der Waals surface area contributed by atoms with E-state index in [1.54, 1.807) is 30.9 Å². The predicted octanol–water partition coefficient (Wildman–Crippen LogP) is 0.433. The zero-order chi connectivity index (χ0) is 12.3. The summed E-state index contributed by atoms with van der Waals surface area (Å²) in [6.45, 7) is 1.90. The van der Waals surface area contributed by atoms with Crippen LogP contribution in [0.25, 0.3) is 0 Å². The van der Waals surface area contributed by atoms with Gasteiger partial charge in [0.05, 0.1) is 12.7 Å². The number of urea groups is 1. The maximum atomic E-state index is 11.5. The highest BCUT2D eigenvalue weighted by Gasteiger charge is 2.07. The largest absolute Gasteiger partial charge is 0.337 e. The molecule has 0 aliphatic carbocycles. The number of amides is 2. The second-order valence-electron chi connectivity index (χ2n) is 3.38. The maximum absolute atomic E-state index is 11.5. The third-order valence-electron chi connectivity index (χ3n) is 2.03. The van der Waals surface area contributed by atoms with Crippen LogP contribution in [0.2, 0.25) is 0 Å². The Bertz CT molecular complexity index is 517. The SMILES string of the molecule is Cc1noc(CNC(=O)Nc2ccnn2C)n1. The van der Waals surface area contributed by atoms with E-state index in [-0.39, 0.29) is 12.6 Å². The molecule has 0 aliphatic rings. The monoisotopic (exact) mass is 236 g/mol. The Morgan fingerprint density at radius 2 is 2.41 bits per heavy atom. The van der Waals surface area contributed by atoms with Crippen LogP contribution in [0, 0.1) is 6.92 Å². The molecule has 17 heavy (non-hydrogen) atoms. The van der Waals surface area contributed by atoms with Crippen molar-refractivity contribution in [3.8, 4) is 0 Å². The van der Waals surface area contributed by atoms with Crippen molar-refractivity contribution >= 4 is 11.8 Å². The average molecular weight is 236 g/mol. The van der Waals surface area contributed by atoms with Gasteiger partial charge in [0.25, 0.3) is 0 Å². The minimum absolute atomic E-state index is 0.185. The van der Waals surface area contributed by atoms with E-state index in [2.05, 4.69) is 25.9 Å². The second kappa shape index (κ2) is 4.64. The van der Waals surface area contributed by atoms with Crippen LogP contribution in [0.15, 0.2) is 16.8 Å². The molecule has 0 radical (unpaired) electrons. The van der Waals surface area contributed by atoms with Crippen LogP contribution < -0.4 is 10.6 Å². The molecule has 0 fully saturated rings. The Morgan fingerprint density at radius 1 is 1.59 bits per heavy atom. The van der Waals surface area contributed by atoms with Crippen LogP contribution in [-0.2, 0) is 13.6 Å². The molecule has 0 unspecified atom stereocenters. The lowest BCUT2D eigenvalue weighted by Crippen LogP contribution is -2.29. The number of aromatic nitrogens is 4. The Morgan fingerprint density at radius 3 is 3.00 bits per heavy atom. The molecular formula is C9H12N6O2. The van der Waals surface area contributed by atoms with E-state index in [1.165, 1.54) is 0 Å². The summed E-state index contributed by atoms with van der Waals surface area (Å²) in [6.07, 6.45) is 1.59. The molecule has 0 aliphatic heterocycles. The zero-order valence-electron chi connectivity index (χ0n) is 9.47. The Labute approximate surface area is 97.0 Å². The van der Waals surface area contributed by atoms with E-state index >= 15 is 0 Å². The maximum Gasteiger partial charge on any atom is 0.320 e. The highest BCUT2D eigenvalue weighted by Crippen LogP contribution is 2.02. The van der Waals surface area contributed by atoms with Gasteiger partial charge in [-0.3, -0.25) is 10.00 Å². The van der Waals surface area contributed by atoms with E-state index < -0.39 is 0 Å². The van der Waals surface area contributed by atoms with E-state index in [0.29, 0.717) is 17.5 Å². The molecule has 0 spiro atoms. The minimum atomic E-state index is -0.357. The number of nitrogens with one attached hydrogen (secondary N) is 2. The van der Waals surface area contributed by atoms with Crippen LogP contribution in [0.1, 0.15) is 11.7 Å². The van der Waals surface area contributed by atoms with Crippen molar-refractivity contribution in [2.75, 3.05) is 5.32 Å². The lowest BCUT2D eigenvalue weighted by Gasteiger charge is -2.05. The third kappa shape index (κ3) is 2.80. The minimum Gasteiger partial charge on any atom is -0.337 e. The molecule has 8 nitrogen and oxygen atoms in total. The molecule has 0 bridgehead atoms. The number of carbonyl (C=O) groups excluding carboxylic acids is 1. The van der Waals surface area contributed by atoms with Crippen molar-refractivity contribution in [3.63, 3.8) is 0 Å². The van der Waals surface area contributed by atoms with Crippen molar-refractivity contribution < 1.29 is 9.32 Å². The van der Waals surface area contributed by atoms with Crippen LogP contribution in [-0.4, -0.2) is 26.0 Å². The molecule has 2 N–H and O–H groups in total. The molecule has 2 heterocycles. The molecule has 0 aromatic carbocycles. The van der Waals surface area contributed by atoms with Crippen LogP contribution in [0.4, 0.5) is 10.6 Å². The van der Waals surface area contributed by atoms with Crippen LogP contribution >= 0.6 is 0 Å². The second-order valence-corrected chi connectivity index (χ2v) is 3.38. The predicted molar refractivity (Wildman–Crippen MR) is 58.1 cm³/mol. The quantitative estimate of drug-likeness (QED) is 0.805. The van der Waals surface area contributed by atoms with Gasteiger partial charge in [-0.05, 0) is 6.92 Å². The summed E-state index contributed by atoms with van der Waals surface area (Å²) < 4.78 is 6.40. The number of carbonyl (C=O) groups is 1. The summed E-state index contributed by atoms with van der Waals surface area (Å²) in [6, 6.07) is 1.33. The van der Waals surface area contributed by atoms with E-state index in [1.807, 2.05) is 0 Å². The molecule has 2 aromatic rings. The fourth-order valence-electron chi connectivity index (χ4n) is 1.22. The number of nitrogens with zero attached hydrogens (tertiary/aromatic N) is 4. The third-order valence-corrected chi connectivity index (χ3v) is 2.03. The van der Waals surface area contributed by atoms with Gasteiger partial charge in [-0.25, -0.2) is 4.79 Å². The van der Waals surface area contributed by atoms with Gasteiger partial charge in [0.15, 0.2) is 5.82 Å². The van der Waals surface area contributed by atoms with Crippen LogP contribution in [0.5, 0.6) is 0 Å². The summed E-state index contributed by atoms with van der Waals surface area (Å²) in [5.41, 5.74) is 0. The highest BCUT2D eigenvalue weighted by molar-refractivity contribution is 5.88. The van der Waals surface area contributed by atoms with Gasteiger partial charge in [0.2, 0.25) is 5.89 Å². The van der Waals surface area contributed by atoms with E-state index in [9.17, 15) is 4.79 Å². The van der Waals surface area contributed by atoms with Crippen LogP contribution in [0.3, 0.4) is 0 Å². The smallest absolute Gasteiger partial charge is 0.320 e. The molecule has 2 rings (SSSR count). The van der Waals surface area contributed by atoms with E-state index in [0.717, 1.165) is 0 Å². The molecule has 2 amide bonds. The van der Waals surface area contributed by atoms with Crippen molar-refractivity contribution in [1.29, 1.82) is 0 Å². The standard InChI is InChI=1S/C9H12N6O2/c1-6-12-8(17-14-6)5-10-9(16)13-7-3-4-11-15(7)2/h3-4H,5H2,1-2H3,(H2,10,13,16). The first-order valence-corrected chi connectivity index (χ1v) is 4.97. The van der Waals surface area contributed by atoms with E-state index in [4.69, 9.17) is 4.52 Å². The summed E-state index contributed by atoms with van der Waals surface area (Å²) in [5, 5.41) is 12.8. The first-order chi connectivity index (χ1) is 8.15. The zero-order valence-corrected chi connectivity index (χ0v) is 9.47. The Hall–Kier alpha value is -2.38. The van der Waals surface area contributed by atoms with Gasteiger partial charge in [0, 0.05) is 13.1 Å². The molecule has 8 heteroatoms. The molecule has 2 aromatic heterocycles. The number of rotatable bonds is 3. The molecule has 0 atom stereocenters.